The van der Waals surface area contributed by atoms with Crippen molar-refractivity contribution in [2.24, 2.45) is 5.73 Å². The van der Waals surface area contributed by atoms with E-state index in [1.807, 2.05) is 30.3 Å². The van der Waals surface area contributed by atoms with Gasteiger partial charge < -0.3 is 25.3 Å². The number of anilines is 1. The van der Waals surface area contributed by atoms with Crippen molar-refractivity contribution in [3.8, 4) is 17.2 Å². The molecule has 178 valence electrons. The number of ether oxygens (including phenoxy) is 3. The first kappa shape index (κ1) is 24.8. The van der Waals surface area contributed by atoms with E-state index in [0.29, 0.717) is 17.7 Å². The fraction of sp³-hybridized carbons (Fsp3) is 0.167. The number of carbonyl (C=O) groups excluding carboxylic acids is 2. The standard InChI is InChI=1S/C24H21ClF2N2O5/c1-32-20-12-16(11-18(25)22(20)33-13-21(28)30)23(31)29-17-7-8-19(34-24(26)27)15(10-17)9-14-5-3-2-4-6-14/h2-8,10-12,24H,9,13H2,1H3,(H2,28,30)(H,29,31). The highest BCUT2D eigenvalue weighted by molar-refractivity contribution is 6.32. The van der Waals surface area contributed by atoms with Crippen molar-refractivity contribution in [2.45, 2.75) is 13.0 Å². The lowest BCUT2D eigenvalue weighted by Gasteiger charge is -2.15. The molecule has 0 spiro atoms. The second-order valence-electron chi connectivity index (χ2n) is 7.06. The number of rotatable bonds is 10. The summed E-state index contributed by atoms with van der Waals surface area (Å²) >= 11 is 6.20. The first-order valence-corrected chi connectivity index (χ1v) is 10.4. The third-order valence-corrected chi connectivity index (χ3v) is 4.90. The van der Waals surface area contributed by atoms with E-state index in [4.69, 9.17) is 26.8 Å². The normalized spacial score (nSPS) is 10.6. The molecule has 0 aliphatic carbocycles. The average Bonchev–Trinajstić information content (AvgIpc) is 2.79. The number of nitrogens with one attached hydrogen (secondary N) is 1. The Morgan fingerprint density at radius 2 is 1.79 bits per heavy atom. The molecule has 0 heterocycles. The molecule has 0 unspecified atom stereocenters. The Hall–Kier alpha value is -3.85. The Kier molecular flexibility index (Phi) is 8.26. The van der Waals surface area contributed by atoms with Crippen LogP contribution in [-0.2, 0) is 11.2 Å². The average molecular weight is 491 g/mol. The lowest BCUT2D eigenvalue weighted by atomic mass is 10.0. The number of amides is 2. The molecule has 10 heteroatoms. The molecule has 7 nitrogen and oxygen atoms in total. The van der Waals surface area contributed by atoms with Crippen LogP contribution in [0.1, 0.15) is 21.5 Å². The van der Waals surface area contributed by atoms with Gasteiger partial charge in [0.25, 0.3) is 11.8 Å². The van der Waals surface area contributed by atoms with Gasteiger partial charge in [-0.05, 0) is 35.9 Å². The van der Waals surface area contributed by atoms with E-state index in [-0.39, 0.29) is 27.8 Å². The van der Waals surface area contributed by atoms with E-state index in [1.165, 1.54) is 31.4 Å². The van der Waals surface area contributed by atoms with E-state index < -0.39 is 25.0 Å². The van der Waals surface area contributed by atoms with E-state index in [1.54, 1.807) is 6.07 Å². The molecule has 0 aromatic heterocycles. The Morgan fingerprint density at radius 1 is 1.06 bits per heavy atom. The topological polar surface area (TPSA) is 99.9 Å². The molecule has 3 aromatic rings. The van der Waals surface area contributed by atoms with Gasteiger partial charge in [-0.25, -0.2) is 0 Å². The highest BCUT2D eigenvalue weighted by Crippen LogP contribution is 2.37. The van der Waals surface area contributed by atoms with E-state index in [2.05, 4.69) is 10.1 Å². The van der Waals surface area contributed by atoms with Crippen molar-refractivity contribution in [1.29, 1.82) is 0 Å². The summed E-state index contributed by atoms with van der Waals surface area (Å²) in [6, 6.07) is 16.3. The van der Waals surface area contributed by atoms with Crippen molar-refractivity contribution in [2.75, 3.05) is 19.0 Å². The molecule has 34 heavy (non-hydrogen) atoms. The smallest absolute Gasteiger partial charge is 0.387 e. The van der Waals surface area contributed by atoms with Gasteiger partial charge in [-0.15, -0.1) is 0 Å². The van der Waals surface area contributed by atoms with Crippen LogP contribution in [0.15, 0.2) is 60.7 Å². The van der Waals surface area contributed by atoms with Gasteiger partial charge in [-0.1, -0.05) is 41.9 Å². The maximum absolute atomic E-state index is 12.9. The van der Waals surface area contributed by atoms with Crippen LogP contribution in [0, 0.1) is 0 Å². The van der Waals surface area contributed by atoms with Gasteiger partial charge in [0, 0.05) is 23.2 Å². The predicted octanol–water partition coefficient (Wildman–Crippen LogP) is 4.66. The van der Waals surface area contributed by atoms with Gasteiger partial charge in [-0.3, -0.25) is 9.59 Å². The number of alkyl halides is 2. The number of nitrogens with two attached hydrogens (primary N) is 1. The lowest BCUT2D eigenvalue weighted by Crippen LogP contribution is -2.20. The van der Waals surface area contributed by atoms with Crippen molar-refractivity contribution in [1.82, 2.24) is 0 Å². The van der Waals surface area contributed by atoms with Gasteiger partial charge in [0.05, 0.1) is 12.1 Å². The minimum Gasteiger partial charge on any atom is -0.493 e. The molecule has 0 radical (unpaired) electrons. The summed E-state index contributed by atoms with van der Waals surface area (Å²) in [7, 11) is 1.35. The van der Waals surface area contributed by atoms with Gasteiger partial charge in [0.2, 0.25) is 0 Å². The van der Waals surface area contributed by atoms with Crippen LogP contribution in [-0.4, -0.2) is 32.1 Å². The molecular formula is C24H21ClF2N2O5. The van der Waals surface area contributed by atoms with Crippen molar-refractivity contribution in [3.05, 3.63) is 82.4 Å². The van der Waals surface area contributed by atoms with Gasteiger partial charge in [0.1, 0.15) is 5.75 Å². The monoisotopic (exact) mass is 490 g/mol. The van der Waals surface area contributed by atoms with Crippen LogP contribution < -0.4 is 25.3 Å². The SMILES string of the molecule is COc1cc(C(=O)Nc2ccc(OC(F)F)c(Cc3ccccc3)c2)cc(Cl)c1OCC(N)=O. The van der Waals surface area contributed by atoms with Crippen molar-refractivity contribution in [3.63, 3.8) is 0 Å². The number of hydrogen-bond acceptors (Lipinski definition) is 5. The number of halogens is 3. The summed E-state index contributed by atoms with van der Waals surface area (Å²) < 4.78 is 40.8. The summed E-state index contributed by atoms with van der Waals surface area (Å²) in [5.41, 5.74) is 6.94. The van der Waals surface area contributed by atoms with Crippen molar-refractivity contribution >= 4 is 29.1 Å². The third-order valence-electron chi connectivity index (χ3n) is 4.62. The quantitative estimate of drug-likeness (QED) is 0.430. The fourth-order valence-electron chi connectivity index (χ4n) is 3.16. The van der Waals surface area contributed by atoms with Gasteiger partial charge in [0.15, 0.2) is 18.1 Å². The predicted molar refractivity (Wildman–Crippen MR) is 123 cm³/mol. The summed E-state index contributed by atoms with van der Waals surface area (Å²) in [5, 5.41) is 2.74. The van der Waals surface area contributed by atoms with Gasteiger partial charge in [-0.2, -0.15) is 8.78 Å². The molecular weight excluding hydrogens is 470 g/mol. The minimum atomic E-state index is -2.99. The van der Waals surface area contributed by atoms with Crippen LogP contribution in [0.25, 0.3) is 0 Å². The maximum Gasteiger partial charge on any atom is 0.387 e. The molecule has 0 aliphatic rings. The van der Waals surface area contributed by atoms with Crippen LogP contribution in [0.3, 0.4) is 0 Å². The maximum atomic E-state index is 12.9. The summed E-state index contributed by atoms with van der Waals surface area (Å²) in [4.78, 5) is 23.8. The summed E-state index contributed by atoms with van der Waals surface area (Å²) in [6.45, 7) is -3.40. The zero-order valence-electron chi connectivity index (χ0n) is 18.0. The Morgan fingerprint density at radius 3 is 2.44 bits per heavy atom. The Labute approximate surface area is 199 Å². The van der Waals surface area contributed by atoms with Crippen LogP contribution in [0.2, 0.25) is 5.02 Å². The minimum absolute atomic E-state index is 0.0116. The van der Waals surface area contributed by atoms with Crippen LogP contribution >= 0.6 is 11.6 Å². The first-order chi connectivity index (χ1) is 16.3. The highest BCUT2D eigenvalue weighted by Gasteiger charge is 2.18. The fourth-order valence-corrected chi connectivity index (χ4v) is 3.42. The third kappa shape index (κ3) is 6.58. The number of benzene rings is 3. The van der Waals surface area contributed by atoms with Crippen LogP contribution in [0.4, 0.5) is 14.5 Å². The first-order valence-electron chi connectivity index (χ1n) is 9.98. The molecule has 0 saturated heterocycles. The molecule has 2 amide bonds. The molecule has 3 aromatic carbocycles. The summed E-state index contributed by atoms with van der Waals surface area (Å²) in [5.74, 6) is -1.03. The van der Waals surface area contributed by atoms with Gasteiger partial charge >= 0.3 is 6.61 Å². The lowest BCUT2D eigenvalue weighted by molar-refractivity contribution is -0.119. The zero-order valence-corrected chi connectivity index (χ0v) is 18.8. The number of methoxy groups -OCH3 is 1. The van der Waals surface area contributed by atoms with Crippen LogP contribution in [0.5, 0.6) is 17.2 Å². The van der Waals surface area contributed by atoms with Crippen molar-refractivity contribution < 1.29 is 32.6 Å². The second-order valence-corrected chi connectivity index (χ2v) is 7.47. The Bertz CT molecular complexity index is 1180. The number of primary amides is 1. The zero-order chi connectivity index (χ0) is 24.7. The molecule has 0 fully saturated rings. The molecule has 3 N–H and O–H groups in total. The largest absolute Gasteiger partial charge is 0.493 e. The van der Waals surface area contributed by atoms with E-state index in [9.17, 15) is 18.4 Å². The molecule has 0 bridgehead atoms. The summed E-state index contributed by atoms with van der Waals surface area (Å²) in [6.07, 6.45) is 0.318. The molecule has 0 atom stereocenters. The second kappa shape index (κ2) is 11.3. The molecule has 0 aliphatic heterocycles. The molecule has 3 rings (SSSR count). The molecule has 0 saturated carbocycles. The Balaban J connectivity index is 1.85. The highest BCUT2D eigenvalue weighted by atomic mass is 35.5. The van der Waals surface area contributed by atoms with E-state index in [0.717, 1.165) is 5.56 Å². The number of carbonyl (C=O) groups is 2. The number of hydrogen-bond donors (Lipinski definition) is 2. The van der Waals surface area contributed by atoms with E-state index >= 15 is 0 Å².